The van der Waals surface area contributed by atoms with Crippen LogP contribution in [-0.4, -0.2) is 33.5 Å². The molecule has 0 aliphatic heterocycles. The van der Waals surface area contributed by atoms with Crippen LogP contribution in [0.2, 0.25) is 0 Å². The first-order valence-electron chi connectivity index (χ1n) is 9.98. The molecule has 1 N–H and O–H groups in total. The Balaban J connectivity index is 1.66. The van der Waals surface area contributed by atoms with Crippen LogP contribution < -0.4 is 5.32 Å². The van der Waals surface area contributed by atoms with Gasteiger partial charge in [0.25, 0.3) is 0 Å². The average Bonchev–Trinajstić information content (AvgIpc) is 3.02. The van der Waals surface area contributed by atoms with E-state index in [4.69, 9.17) is 4.74 Å². The van der Waals surface area contributed by atoms with Gasteiger partial charge in [-0.25, -0.2) is 4.68 Å². The highest BCUT2D eigenvalue weighted by molar-refractivity contribution is 6.00. The van der Waals surface area contributed by atoms with Crippen LogP contribution in [0, 0.1) is 13.8 Å². The second-order valence-electron chi connectivity index (χ2n) is 7.33. The van der Waals surface area contributed by atoms with Crippen molar-refractivity contribution in [1.82, 2.24) is 9.78 Å². The second kappa shape index (κ2) is 9.38. The molecular weight excluding hydrogens is 394 g/mol. The number of nitrogens with one attached hydrogen (secondary N) is 1. The minimum Gasteiger partial charge on any atom is -0.454 e. The number of aryl methyl sites for hydroxylation is 1. The molecule has 0 aliphatic rings. The van der Waals surface area contributed by atoms with Crippen molar-refractivity contribution < 1.29 is 19.1 Å². The Hall–Kier alpha value is -3.74. The molecular formula is C24H25N3O4. The number of rotatable bonds is 7. The molecule has 1 heterocycles. The molecule has 2 aromatic carbocycles. The summed E-state index contributed by atoms with van der Waals surface area (Å²) in [6.07, 6.45) is -0.896. The molecule has 7 heteroatoms. The molecule has 7 nitrogen and oxygen atoms in total. The lowest BCUT2D eigenvalue weighted by molar-refractivity contribution is -0.145. The van der Waals surface area contributed by atoms with E-state index in [1.807, 2.05) is 44.2 Å². The number of ketones is 1. The van der Waals surface area contributed by atoms with Crippen molar-refractivity contribution in [2.75, 3.05) is 5.32 Å². The smallest absolute Gasteiger partial charge is 0.311 e. The molecule has 0 unspecified atom stereocenters. The first-order chi connectivity index (χ1) is 14.8. The van der Waals surface area contributed by atoms with E-state index in [2.05, 4.69) is 10.4 Å². The third-order valence-corrected chi connectivity index (χ3v) is 4.93. The van der Waals surface area contributed by atoms with Crippen LogP contribution in [-0.2, 0) is 20.7 Å². The summed E-state index contributed by atoms with van der Waals surface area (Å²) in [7, 11) is 0. The van der Waals surface area contributed by atoms with Gasteiger partial charge in [-0.1, -0.05) is 18.2 Å². The molecule has 1 atom stereocenters. The Morgan fingerprint density at radius 1 is 1.03 bits per heavy atom. The molecule has 0 spiro atoms. The monoisotopic (exact) mass is 419 g/mol. The Bertz CT molecular complexity index is 1100. The van der Waals surface area contributed by atoms with Gasteiger partial charge in [0.2, 0.25) is 11.7 Å². The van der Waals surface area contributed by atoms with Gasteiger partial charge in [-0.05, 0) is 57.2 Å². The van der Waals surface area contributed by atoms with Gasteiger partial charge in [-0.3, -0.25) is 14.4 Å². The zero-order valence-electron chi connectivity index (χ0n) is 18.0. The molecule has 1 aromatic heterocycles. The molecule has 0 fully saturated rings. The number of benzene rings is 2. The van der Waals surface area contributed by atoms with Crippen LogP contribution in [0.5, 0.6) is 0 Å². The van der Waals surface area contributed by atoms with Gasteiger partial charge in [0.1, 0.15) is 0 Å². The minimum atomic E-state index is -0.927. The number of carbonyl (C=O) groups is 3. The molecule has 160 valence electrons. The summed E-state index contributed by atoms with van der Waals surface area (Å²) in [5.74, 6) is -0.992. The zero-order valence-corrected chi connectivity index (χ0v) is 18.0. The maximum absolute atomic E-state index is 12.6. The number of ether oxygens (including phenoxy) is 1. The number of carbonyl (C=O) groups excluding carboxylic acids is 3. The largest absolute Gasteiger partial charge is 0.454 e. The number of Topliss-reactive ketones (excluding diaryl/α,β-unsaturated/α-hetero) is 1. The van der Waals surface area contributed by atoms with Crippen molar-refractivity contribution in [2.45, 2.75) is 40.2 Å². The number of esters is 1. The normalized spacial score (nSPS) is 11.6. The van der Waals surface area contributed by atoms with Crippen molar-refractivity contribution in [1.29, 1.82) is 0 Å². The molecule has 0 saturated heterocycles. The summed E-state index contributed by atoms with van der Waals surface area (Å²) in [6, 6.07) is 16.1. The van der Waals surface area contributed by atoms with Crippen LogP contribution in [0.1, 0.15) is 41.2 Å². The molecule has 0 saturated carbocycles. The summed E-state index contributed by atoms with van der Waals surface area (Å²) in [5, 5.41) is 7.18. The minimum absolute atomic E-state index is 0.0313. The van der Waals surface area contributed by atoms with Gasteiger partial charge in [0.15, 0.2) is 6.10 Å². The van der Waals surface area contributed by atoms with Crippen molar-refractivity contribution in [3.8, 4) is 5.69 Å². The molecule has 3 rings (SSSR count). The predicted molar refractivity (Wildman–Crippen MR) is 117 cm³/mol. The summed E-state index contributed by atoms with van der Waals surface area (Å²) in [4.78, 5) is 36.2. The van der Waals surface area contributed by atoms with E-state index >= 15 is 0 Å². The first-order valence-corrected chi connectivity index (χ1v) is 9.98. The van der Waals surface area contributed by atoms with E-state index in [1.54, 1.807) is 35.9 Å². The number of hydrogen-bond donors (Lipinski definition) is 1. The first kappa shape index (κ1) is 22.0. The van der Waals surface area contributed by atoms with E-state index in [0.29, 0.717) is 11.3 Å². The van der Waals surface area contributed by atoms with Gasteiger partial charge in [-0.2, -0.15) is 5.10 Å². The van der Waals surface area contributed by atoms with E-state index in [-0.39, 0.29) is 18.1 Å². The molecule has 3 aromatic rings. The summed E-state index contributed by atoms with van der Waals surface area (Å²) in [5.41, 5.74) is 4.29. The fourth-order valence-corrected chi connectivity index (χ4v) is 3.34. The van der Waals surface area contributed by atoms with Gasteiger partial charge in [0, 0.05) is 29.4 Å². The zero-order chi connectivity index (χ0) is 22.5. The van der Waals surface area contributed by atoms with Crippen molar-refractivity contribution in [3.05, 3.63) is 77.1 Å². The number of aromatic nitrogens is 2. The van der Waals surface area contributed by atoms with Crippen molar-refractivity contribution in [2.24, 2.45) is 0 Å². The van der Waals surface area contributed by atoms with Gasteiger partial charge in [0.05, 0.1) is 17.8 Å². The standard InChI is InChI=1S/C24H25N3O4/c1-15-22(16(2)27(26-15)21-8-6-5-7-9-21)14-23(29)31-17(3)24(30)19-10-12-20(13-11-19)25-18(4)28/h5-13,17H,14H2,1-4H3,(H,25,28)/t17-/m1/s1. The van der Waals surface area contributed by atoms with Crippen molar-refractivity contribution in [3.63, 3.8) is 0 Å². The number of nitrogens with zero attached hydrogens (tertiary/aromatic N) is 2. The number of hydrogen-bond acceptors (Lipinski definition) is 5. The van der Waals surface area contributed by atoms with Crippen LogP contribution >= 0.6 is 0 Å². The van der Waals surface area contributed by atoms with E-state index in [0.717, 1.165) is 22.6 Å². The second-order valence-corrected chi connectivity index (χ2v) is 7.33. The van der Waals surface area contributed by atoms with E-state index in [1.165, 1.54) is 6.92 Å². The molecule has 0 bridgehead atoms. The average molecular weight is 419 g/mol. The fourth-order valence-electron chi connectivity index (χ4n) is 3.34. The SMILES string of the molecule is CC(=O)Nc1ccc(C(=O)[C@@H](C)OC(=O)Cc2c(C)nn(-c3ccccc3)c2C)cc1. The van der Waals surface area contributed by atoms with E-state index < -0.39 is 12.1 Å². The summed E-state index contributed by atoms with van der Waals surface area (Å²) >= 11 is 0. The molecule has 1 amide bonds. The van der Waals surface area contributed by atoms with Crippen LogP contribution in [0.15, 0.2) is 54.6 Å². The Kier molecular flexibility index (Phi) is 6.65. The molecule has 31 heavy (non-hydrogen) atoms. The summed E-state index contributed by atoms with van der Waals surface area (Å²) < 4.78 is 7.19. The maximum atomic E-state index is 12.6. The van der Waals surface area contributed by atoms with Crippen molar-refractivity contribution >= 4 is 23.3 Å². The quantitative estimate of drug-likeness (QED) is 0.465. The maximum Gasteiger partial charge on any atom is 0.311 e. The van der Waals surface area contributed by atoms with Gasteiger partial charge in [-0.15, -0.1) is 0 Å². The lowest BCUT2D eigenvalue weighted by atomic mass is 10.1. The Labute approximate surface area is 181 Å². The highest BCUT2D eigenvalue weighted by Gasteiger charge is 2.22. The molecule has 0 aliphatic carbocycles. The summed E-state index contributed by atoms with van der Waals surface area (Å²) in [6.45, 7) is 6.71. The van der Waals surface area contributed by atoms with Gasteiger partial charge >= 0.3 is 5.97 Å². The lowest BCUT2D eigenvalue weighted by Crippen LogP contribution is -2.25. The number of para-hydroxylation sites is 1. The Morgan fingerprint density at radius 2 is 1.68 bits per heavy atom. The molecule has 0 radical (unpaired) electrons. The number of anilines is 1. The highest BCUT2D eigenvalue weighted by Crippen LogP contribution is 2.19. The van der Waals surface area contributed by atoms with Crippen LogP contribution in [0.3, 0.4) is 0 Å². The third-order valence-electron chi connectivity index (χ3n) is 4.93. The lowest BCUT2D eigenvalue weighted by Gasteiger charge is -2.13. The van der Waals surface area contributed by atoms with Gasteiger partial charge < -0.3 is 10.1 Å². The topological polar surface area (TPSA) is 90.3 Å². The fraction of sp³-hybridized carbons (Fsp3) is 0.250. The van der Waals surface area contributed by atoms with Crippen LogP contribution in [0.25, 0.3) is 5.69 Å². The predicted octanol–water partition coefficient (Wildman–Crippen LogP) is 3.80. The third kappa shape index (κ3) is 5.25. The number of amides is 1. The highest BCUT2D eigenvalue weighted by atomic mass is 16.5. The Morgan fingerprint density at radius 3 is 2.29 bits per heavy atom. The van der Waals surface area contributed by atoms with E-state index in [9.17, 15) is 14.4 Å². The van der Waals surface area contributed by atoms with Crippen LogP contribution in [0.4, 0.5) is 5.69 Å².